The summed E-state index contributed by atoms with van der Waals surface area (Å²) in [6.07, 6.45) is 0. The summed E-state index contributed by atoms with van der Waals surface area (Å²) < 4.78 is 26.8. The average molecular weight is 440 g/mol. The highest BCUT2D eigenvalue weighted by molar-refractivity contribution is 7.90. The monoisotopic (exact) mass is 439 g/mol. The summed E-state index contributed by atoms with van der Waals surface area (Å²) in [7, 11) is -3.57. The molecule has 1 aliphatic heterocycles. The molecule has 0 atom stereocenters. The smallest absolute Gasteiger partial charge is 0.263 e. The van der Waals surface area contributed by atoms with Gasteiger partial charge < -0.3 is 5.32 Å². The number of halogens is 2. The molecule has 0 radical (unpaired) electrons. The quantitative estimate of drug-likeness (QED) is 0.746. The lowest BCUT2D eigenvalue weighted by Gasteiger charge is -2.23. The number of amides is 1. The van der Waals surface area contributed by atoms with Crippen molar-refractivity contribution in [3.8, 4) is 0 Å². The first-order valence-corrected chi connectivity index (χ1v) is 10.7. The molecule has 0 bridgehead atoms. The van der Waals surface area contributed by atoms with Crippen LogP contribution in [0, 0.1) is 5.41 Å². The Morgan fingerprint density at radius 1 is 1.18 bits per heavy atom. The van der Waals surface area contributed by atoms with E-state index in [0.717, 1.165) is 0 Å². The number of carbonyl (C=O) groups excluding carboxylic acids is 1. The van der Waals surface area contributed by atoms with Crippen LogP contribution in [-0.4, -0.2) is 33.3 Å². The lowest BCUT2D eigenvalue weighted by atomic mass is 9.93. The van der Waals surface area contributed by atoms with Gasteiger partial charge in [0.05, 0.1) is 15.5 Å². The van der Waals surface area contributed by atoms with Crippen molar-refractivity contribution in [2.24, 2.45) is 10.4 Å². The van der Waals surface area contributed by atoms with Crippen molar-refractivity contribution in [3.05, 3.63) is 63.6 Å². The molecule has 3 rings (SSSR count). The van der Waals surface area contributed by atoms with E-state index in [-0.39, 0.29) is 15.8 Å². The van der Waals surface area contributed by atoms with Gasteiger partial charge in [0.25, 0.3) is 15.9 Å². The Morgan fingerprint density at radius 2 is 1.89 bits per heavy atom. The number of rotatable bonds is 5. The van der Waals surface area contributed by atoms with Crippen LogP contribution in [0.15, 0.2) is 52.4 Å². The minimum Gasteiger partial charge on any atom is -0.351 e. The highest BCUT2D eigenvalue weighted by Crippen LogP contribution is 2.24. The van der Waals surface area contributed by atoms with Crippen LogP contribution in [0.3, 0.4) is 0 Å². The summed E-state index contributed by atoms with van der Waals surface area (Å²) in [5.41, 5.74) is 0.478. The van der Waals surface area contributed by atoms with Crippen molar-refractivity contribution >= 4 is 45.0 Å². The predicted octanol–water partition coefficient (Wildman–Crippen LogP) is 3.49. The van der Waals surface area contributed by atoms with Crippen LogP contribution >= 0.6 is 23.2 Å². The minimum absolute atomic E-state index is 0.220. The third-order valence-electron chi connectivity index (χ3n) is 4.23. The number of sulfonamides is 1. The van der Waals surface area contributed by atoms with Gasteiger partial charge in [-0.25, -0.2) is 8.42 Å². The Hall–Kier alpha value is -2.09. The van der Waals surface area contributed by atoms with Gasteiger partial charge in [-0.2, -0.15) is 0 Å². The number of nitrogens with zero attached hydrogens (tertiary/aromatic N) is 1. The summed E-state index contributed by atoms with van der Waals surface area (Å²) in [5, 5.41) is 3.57. The second kappa shape index (κ2) is 7.73. The Bertz CT molecular complexity index is 1070. The number of benzene rings is 2. The SMILES string of the molecule is CC(C)(CN=C1NS(=O)(=O)c2ccccc21)CNC(=O)c1ccc(Cl)cc1Cl. The predicted molar refractivity (Wildman–Crippen MR) is 111 cm³/mol. The van der Waals surface area contributed by atoms with E-state index in [2.05, 4.69) is 15.0 Å². The molecule has 1 heterocycles. The Morgan fingerprint density at radius 3 is 2.61 bits per heavy atom. The molecule has 0 spiro atoms. The number of amidine groups is 1. The zero-order valence-corrected chi connectivity index (χ0v) is 17.6. The zero-order valence-electron chi connectivity index (χ0n) is 15.3. The average Bonchev–Trinajstić information content (AvgIpc) is 2.89. The second-order valence-electron chi connectivity index (χ2n) is 7.24. The van der Waals surface area contributed by atoms with Crippen LogP contribution < -0.4 is 10.0 Å². The fourth-order valence-electron chi connectivity index (χ4n) is 2.69. The highest BCUT2D eigenvalue weighted by Gasteiger charge is 2.31. The molecule has 0 unspecified atom stereocenters. The van der Waals surface area contributed by atoms with Gasteiger partial charge in [-0.15, -0.1) is 0 Å². The molecule has 2 aromatic carbocycles. The molecule has 28 heavy (non-hydrogen) atoms. The van der Waals surface area contributed by atoms with Gasteiger partial charge in [-0.05, 0) is 30.3 Å². The molecule has 0 saturated heterocycles. The Labute approximate surface area is 174 Å². The van der Waals surface area contributed by atoms with Crippen LogP contribution in [-0.2, 0) is 10.0 Å². The largest absolute Gasteiger partial charge is 0.351 e. The molecule has 0 aromatic heterocycles. The number of hydrogen-bond acceptors (Lipinski definition) is 4. The van der Waals surface area contributed by atoms with Gasteiger partial charge in [0.2, 0.25) is 0 Å². The van der Waals surface area contributed by atoms with Crippen molar-refractivity contribution in [2.45, 2.75) is 18.7 Å². The topological polar surface area (TPSA) is 87.6 Å². The summed E-state index contributed by atoms with van der Waals surface area (Å²) in [6.45, 7) is 4.50. The molecule has 0 fully saturated rings. The van der Waals surface area contributed by atoms with Gasteiger partial charge in [-0.1, -0.05) is 49.2 Å². The summed E-state index contributed by atoms with van der Waals surface area (Å²) >= 11 is 11.9. The molecule has 0 saturated carbocycles. The Kier molecular flexibility index (Phi) is 5.70. The number of carbonyl (C=O) groups is 1. The van der Waals surface area contributed by atoms with Gasteiger partial charge in [0, 0.05) is 29.1 Å². The normalized spacial score (nSPS) is 16.5. The maximum absolute atomic E-state index is 12.4. The Balaban J connectivity index is 1.68. The van der Waals surface area contributed by atoms with E-state index in [4.69, 9.17) is 23.2 Å². The standard InChI is InChI=1S/C19H19Cl2N3O3S/c1-19(2,11-23-18(25)13-8-7-12(20)9-15(13)21)10-22-17-14-5-3-4-6-16(14)28(26,27)24-17/h3-9H,10-11H2,1-2H3,(H,22,24)(H,23,25). The van der Waals surface area contributed by atoms with E-state index in [9.17, 15) is 13.2 Å². The number of fused-ring (bicyclic) bond motifs is 1. The lowest BCUT2D eigenvalue weighted by Crippen LogP contribution is -2.36. The third-order valence-corrected chi connectivity index (χ3v) is 6.18. The third kappa shape index (κ3) is 4.48. The van der Waals surface area contributed by atoms with Crippen LogP contribution in [0.5, 0.6) is 0 Å². The second-order valence-corrected chi connectivity index (χ2v) is 9.73. The lowest BCUT2D eigenvalue weighted by molar-refractivity contribution is 0.0938. The van der Waals surface area contributed by atoms with Crippen molar-refractivity contribution in [1.82, 2.24) is 10.0 Å². The van der Waals surface area contributed by atoms with Crippen LogP contribution in [0.2, 0.25) is 10.0 Å². The molecular formula is C19H19Cl2N3O3S. The van der Waals surface area contributed by atoms with Crippen LogP contribution in [0.1, 0.15) is 29.8 Å². The number of hydrogen-bond donors (Lipinski definition) is 2. The maximum Gasteiger partial charge on any atom is 0.263 e. The van der Waals surface area contributed by atoms with E-state index in [1.807, 2.05) is 13.8 Å². The number of nitrogens with one attached hydrogen (secondary N) is 2. The molecule has 2 N–H and O–H groups in total. The highest BCUT2D eigenvalue weighted by atomic mass is 35.5. The first-order valence-electron chi connectivity index (χ1n) is 8.49. The van der Waals surface area contributed by atoms with Crippen molar-refractivity contribution in [1.29, 1.82) is 0 Å². The van der Waals surface area contributed by atoms with Gasteiger partial charge in [-0.3, -0.25) is 14.5 Å². The molecule has 1 aliphatic rings. The molecule has 0 aliphatic carbocycles. The summed E-state index contributed by atoms with van der Waals surface area (Å²) in [5.74, 6) is 0.00468. The first kappa shape index (κ1) is 20.6. The fourth-order valence-corrected chi connectivity index (χ4v) is 4.43. The summed E-state index contributed by atoms with van der Waals surface area (Å²) in [4.78, 5) is 17.0. The van der Waals surface area contributed by atoms with E-state index in [1.54, 1.807) is 36.4 Å². The molecule has 148 valence electrons. The molecule has 2 aromatic rings. The summed E-state index contributed by atoms with van der Waals surface area (Å²) in [6, 6.07) is 11.4. The van der Waals surface area contributed by atoms with E-state index in [1.165, 1.54) is 6.07 Å². The van der Waals surface area contributed by atoms with Crippen molar-refractivity contribution < 1.29 is 13.2 Å². The number of aliphatic imine (C=N–C) groups is 1. The van der Waals surface area contributed by atoms with Crippen molar-refractivity contribution in [2.75, 3.05) is 13.1 Å². The van der Waals surface area contributed by atoms with Gasteiger partial charge in [0.1, 0.15) is 5.84 Å². The van der Waals surface area contributed by atoms with Gasteiger partial charge >= 0.3 is 0 Å². The van der Waals surface area contributed by atoms with Crippen molar-refractivity contribution in [3.63, 3.8) is 0 Å². The maximum atomic E-state index is 12.4. The van der Waals surface area contributed by atoms with E-state index < -0.39 is 15.4 Å². The molecule has 6 nitrogen and oxygen atoms in total. The molecule has 1 amide bonds. The zero-order chi connectivity index (χ0) is 20.5. The molecular weight excluding hydrogens is 421 g/mol. The minimum atomic E-state index is -3.57. The molecule has 9 heteroatoms. The van der Waals surface area contributed by atoms with Gasteiger partial charge in [0.15, 0.2) is 0 Å². The van der Waals surface area contributed by atoms with Crippen LogP contribution in [0.25, 0.3) is 0 Å². The van der Waals surface area contributed by atoms with E-state index in [0.29, 0.717) is 35.1 Å². The van der Waals surface area contributed by atoms with Crippen LogP contribution in [0.4, 0.5) is 0 Å². The van der Waals surface area contributed by atoms with E-state index >= 15 is 0 Å². The fraction of sp³-hybridized carbons (Fsp3) is 0.263. The first-order chi connectivity index (χ1) is 13.1.